The lowest BCUT2D eigenvalue weighted by Crippen LogP contribution is -2.40. The lowest BCUT2D eigenvalue weighted by Gasteiger charge is -2.26. The molecule has 0 unspecified atom stereocenters. The van der Waals surface area contributed by atoms with Crippen molar-refractivity contribution in [2.75, 3.05) is 26.3 Å². The molecule has 1 aliphatic heterocycles. The molecule has 4 rings (SSSR count). The standard InChI is InChI=1S/C21H21N3O5S2/c1-15-3-2-4-18-19(13-15)30-24(20(18)25)21(26)22-14-16-5-7-17(8-6-16)31(27,28)23-9-11-29-12-10-23/h2-8,13H,1,9-12,14H2,(H,22,26). The number of morpholine rings is 1. The van der Waals surface area contributed by atoms with E-state index in [0.29, 0.717) is 36.1 Å². The molecule has 1 N–H and O–H groups in total. The molecule has 1 aromatic heterocycles. The summed E-state index contributed by atoms with van der Waals surface area (Å²) in [5.74, 6) is 0. The van der Waals surface area contributed by atoms with Crippen molar-refractivity contribution in [2.24, 2.45) is 0 Å². The van der Waals surface area contributed by atoms with Crippen molar-refractivity contribution in [1.29, 1.82) is 0 Å². The number of benzene rings is 1. The maximum absolute atomic E-state index is 12.7. The lowest BCUT2D eigenvalue weighted by atomic mass is 10.2. The molecule has 1 fully saturated rings. The number of hydrogen-bond donors (Lipinski definition) is 1. The van der Waals surface area contributed by atoms with Gasteiger partial charge in [0.2, 0.25) is 10.0 Å². The highest BCUT2D eigenvalue weighted by Gasteiger charge is 2.26. The summed E-state index contributed by atoms with van der Waals surface area (Å²) in [5, 5.41) is 3.16. The number of amides is 1. The third-order valence-electron chi connectivity index (χ3n) is 4.92. The Bertz CT molecular complexity index is 1330. The Kier molecular flexibility index (Phi) is 6.05. The van der Waals surface area contributed by atoms with Gasteiger partial charge in [0.1, 0.15) is 0 Å². The highest BCUT2D eigenvalue weighted by atomic mass is 32.2. The van der Waals surface area contributed by atoms with Crippen molar-refractivity contribution in [3.05, 3.63) is 74.2 Å². The maximum Gasteiger partial charge on any atom is 0.338 e. The van der Waals surface area contributed by atoms with E-state index in [9.17, 15) is 18.0 Å². The fourth-order valence-corrected chi connectivity index (χ4v) is 5.64. The molecule has 0 bridgehead atoms. The van der Waals surface area contributed by atoms with Gasteiger partial charge in [-0.15, -0.1) is 0 Å². The van der Waals surface area contributed by atoms with Crippen molar-refractivity contribution in [1.82, 2.24) is 13.6 Å². The van der Waals surface area contributed by atoms with Gasteiger partial charge in [-0.2, -0.15) is 8.26 Å². The molecule has 1 aliphatic carbocycles. The van der Waals surface area contributed by atoms with Crippen molar-refractivity contribution in [2.45, 2.75) is 11.4 Å². The van der Waals surface area contributed by atoms with E-state index in [0.717, 1.165) is 26.6 Å². The number of sulfonamides is 1. The minimum absolute atomic E-state index is 0.158. The van der Waals surface area contributed by atoms with Crippen molar-refractivity contribution in [3.63, 3.8) is 0 Å². The largest absolute Gasteiger partial charge is 0.379 e. The van der Waals surface area contributed by atoms with Crippen molar-refractivity contribution in [3.8, 4) is 0 Å². The zero-order valence-electron chi connectivity index (χ0n) is 16.6. The lowest BCUT2D eigenvalue weighted by molar-refractivity contribution is 0.0730. The second kappa shape index (κ2) is 8.75. The summed E-state index contributed by atoms with van der Waals surface area (Å²) in [6.45, 7) is 5.46. The van der Waals surface area contributed by atoms with E-state index in [1.54, 1.807) is 36.4 Å². The SMILES string of the molecule is C=C1C=CC=c2c(sn(C(=O)NCc3ccc(S(=O)(=O)N4CCOCC4)cc3)c2=O)=C1. The first-order valence-corrected chi connectivity index (χ1v) is 11.8. The Morgan fingerprint density at radius 2 is 1.90 bits per heavy atom. The first kappa shape index (κ1) is 21.4. The predicted molar refractivity (Wildman–Crippen MR) is 119 cm³/mol. The highest BCUT2D eigenvalue weighted by molar-refractivity contribution is 7.89. The number of allylic oxidation sites excluding steroid dienone is 3. The quantitative estimate of drug-likeness (QED) is 0.713. The van der Waals surface area contributed by atoms with Crippen LogP contribution in [0.4, 0.5) is 4.79 Å². The third-order valence-corrected chi connectivity index (χ3v) is 7.88. The summed E-state index contributed by atoms with van der Waals surface area (Å²) in [6.07, 6.45) is 6.95. The predicted octanol–water partition coefficient (Wildman–Crippen LogP) is 0.376. The van der Waals surface area contributed by atoms with Gasteiger partial charge in [-0.05, 0) is 47.0 Å². The maximum atomic E-state index is 12.7. The van der Waals surface area contributed by atoms with Gasteiger partial charge >= 0.3 is 6.03 Å². The third kappa shape index (κ3) is 4.47. The fourth-order valence-electron chi connectivity index (χ4n) is 3.24. The second-order valence-corrected chi connectivity index (χ2v) is 9.96. The molecule has 1 amide bonds. The van der Waals surface area contributed by atoms with Gasteiger partial charge < -0.3 is 10.1 Å². The monoisotopic (exact) mass is 459 g/mol. The van der Waals surface area contributed by atoms with E-state index < -0.39 is 16.1 Å². The molecular formula is C21H21N3O5S2. The molecular weight excluding hydrogens is 438 g/mol. The van der Waals surface area contributed by atoms with Crippen LogP contribution in [-0.4, -0.2) is 49.0 Å². The Morgan fingerprint density at radius 1 is 1.19 bits per heavy atom. The van der Waals surface area contributed by atoms with E-state index in [4.69, 9.17) is 4.74 Å². The van der Waals surface area contributed by atoms with Gasteiger partial charge in [0.25, 0.3) is 5.56 Å². The summed E-state index contributed by atoms with van der Waals surface area (Å²) in [6, 6.07) is 5.80. The summed E-state index contributed by atoms with van der Waals surface area (Å²) in [5.41, 5.74) is 1.07. The summed E-state index contributed by atoms with van der Waals surface area (Å²) in [7, 11) is -3.57. The van der Waals surface area contributed by atoms with E-state index in [-0.39, 0.29) is 17.0 Å². The molecule has 2 heterocycles. The topological polar surface area (TPSA) is 97.7 Å². The van der Waals surface area contributed by atoms with E-state index in [2.05, 4.69) is 11.9 Å². The Hall–Kier alpha value is -2.79. The Labute approximate surface area is 183 Å². The molecule has 31 heavy (non-hydrogen) atoms. The first-order valence-electron chi connectivity index (χ1n) is 9.63. The van der Waals surface area contributed by atoms with Crippen LogP contribution in [-0.2, 0) is 21.3 Å². The minimum atomic E-state index is -3.57. The summed E-state index contributed by atoms with van der Waals surface area (Å²) in [4.78, 5) is 25.3. The number of carbonyl (C=O) groups excluding carboxylic acids is 1. The highest BCUT2D eigenvalue weighted by Crippen LogP contribution is 2.17. The van der Waals surface area contributed by atoms with Gasteiger partial charge in [0, 0.05) is 19.6 Å². The van der Waals surface area contributed by atoms with Crippen LogP contribution < -0.4 is 20.6 Å². The zero-order valence-corrected chi connectivity index (χ0v) is 18.2. The minimum Gasteiger partial charge on any atom is -0.379 e. The zero-order chi connectivity index (χ0) is 22.0. The van der Waals surface area contributed by atoms with E-state index in [1.165, 1.54) is 16.4 Å². The molecule has 0 saturated carbocycles. The van der Waals surface area contributed by atoms with E-state index >= 15 is 0 Å². The van der Waals surface area contributed by atoms with Crippen LogP contribution in [0.1, 0.15) is 5.56 Å². The molecule has 10 heteroatoms. The van der Waals surface area contributed by atoms with Gasteiger partial charge in [-0.25, -0.2) is 13.2 Å². The van der Waals surface area contributed by atoms with Gasteiger partial charge in [0.15, 0.2) is 0 Å². The van der Waals surface area contributed by atoms with Crippen LogP contribution in [0.5, 0.6) is 0 Å². The number of aromatic nitrogens is 1. The van der Waals surface area contributed by atoms with Gasteiger partial charge in [-0.1, -0.05) is 30.9 Å². The average Bonchev–Trinajstić information content (AvgIpc) is 2.95. The summed E-state index contributed by atoms with van der Waals surface area (Å²) < 4.78 is 33.7. The van der Waals surface area contributed by atoms with Crippen LogP contribution in [0.2, 0.25) is 0 Å². The number of nitrogens with one attached hydrogen (secondary N) is 1. The molecule has 2 aliphatic rings. The van der Waals surface area contributed by atoms with Crippen LogP contribution in [0.15, 0.2) is 58.3 Å². The molecule has 0 spiro atoms. The number of nitrogens with zero attached hydrogens (tertiary/aromatic N) is 2. The molecule has 0 radical (unpaired) electrons. The molecule has 8 nitrogen and oxygen atoms in total. The Morgan fingerprint density at radius 3 is 2.61 bits per heavy atom. The number of rotatable bonds is 4. The molecule has 162 valence electrons. The average molecular weight is 460 g/mol. The van der Waals surface area contributed by atoms with Crippen LogP contribution >= 0.6 is 11.5 Å². The smallest absolute Gasteiger partial charge is 0.338 e. The second-order valence-electron chi connectivity index (χ2n) is 7.03. The first-order chi connectivity index (χ1) is 14.9. The summed E-state index contributed by atoms with van der Waals surface area (Å²) >= 11 is 1.05. The fraction of sp³-hybridized carbons (Fsp3) is 0.238. The number of hydrogen-bond acceptors (Lipinski definition) is 6. The molecule has 2 aromatic rings. The van der Waals surface area contributed by atoms with Crippen LogP contribution in [0.3, 0.4) is 0 Å². The normalized spacial score (nSPS) is 16.7. The molecule has 0 atom stereocenters. The van der Waals surface area contributed by atoms with Crippen molar-refractivity contribution >= 4 is 39.7 Å². The van der Waals surface area contributed by atoms with Crippen LogP contribution in [0.25, 0.3) is 12.2 Å². The molecule has 1 aromatic carbocycles. The van der Waals surface area contributed by atoms with Crippen molar-refractivity contribution < 1.29 is 17.9 Å². The van der Waals surface area contributed by atoms with Crippen LogP contribution in [0, 0.1) is 0 Å². The number of ether oxygens (including phenoxy) is 1. The Balaban J connectivity index is 1.46. The van der Waals surface area contributed by atoms with Gasteiger partial charge in [-0.3, -0.25) is 4.79 Å². The number of fused-ring (bicyclic) bond motifs is 1. The van der Waals surface area contributed by atoms with E-state index in [1.807, 2.05) is 0 Å². The van der Waals surface area contributed by atoms with Gasteiger partial charge in [0.05, 0.1) is 27.9 Å². The number of carbonyl (C=O) groups is 1. The molecule has 1 saturated heterocycles.